The Bertz CT molecular complexity index is 771. The SMILES string of the molecule is Cc1nc2ncnn2c(C)c1CCC(=O)NCC(C)N1CCCC(C)C1. The van der Waals surface area contributed by atoms with Crippen LogP contribution in [0.1, 0.15) is 50.1 Å². The van der Waals surface area contributed by atoms with Crippen LogP contribution in [0.2, 0.25) is 0 Å². The van der Waals surface area contributed by atoms with Crippen LogP contribution >= 0.6 is 0 Å². The molecule has 142 valence electrons. The van der Waals surface area contributed by atoms with Crippen LogP contribution in [0.15, 0.2) is 6.33 Å². The third-order valence-electron chi connectivity index (χ3n) is 5.50. The van der Waals surface area contributed by atoms with E-state index in [-0.39, 0.29) is 5.91 Å². The molecule has 3 heterocycles. The lowest BCUT2D eigenvalue weighted by atomic mass is 9.99. The quantitative estimate of drug-likeness (QED) is 0.854. The minimum absolute atomic E-state index is 0.0967. The van der Waals surface area contributed by atoms with E-state index in [4.69, 9.17) is 0 Å². The van der Waals surface area contributed by atoms with E-state index in [1.54, 1.807) is 4.52 Å². The molecule has 1 saturated heterocycles. The van der Waals surface area contributed by atoms with Gasteiger partial charge in [0.1, 0.15) is 6.33 Å². The number of carbonyl (C=O) groups excluding carboxylic acids is 1. The number of hydrogen-bond acceptors (Lipinski definition) is 5. The zero-order chi connectivity index (χ0) is 18.7. The largest absolute Gasteiger partial charge is 0.355 e. The minimum Gasteiger partial charge on any atom is -0.355 e. The summed E-state index contributed by atoms with van der Waals surface area (Å²) in [5, 5.41) is 7.30. The fourth-order valence-corrected chi connectivity index (χ4v) is 3.86. The zero-order valence-corrected chi connectivity index (χ0v) is 16.3. The molecule has 1 N–H and O–H groups in total. The summed E-state index contributed by atoms with van der Waals surface area (Å²) in [5.41, 5.74) is 3.01. The number of nitrogens with zero attached hydrogens (tertiary/aromatic N) is 5. The molecule has 1 amide bonds. The monoisotopic (exact) mass is 358 g/mol. The van der Waals surface area contributed by atoms with Gasteiger partial charge in [-0.2, -0.15) is 10.1 Å². The van der Waals surface area contributed by atoms with E-state index in [0.29, 0.717) is 31.2 Å². The van der Waals surface area contributed by atoms with Gasteiger partial charge in [-0.3, -0.25) is 9.69 Å². The molecular weight excluding hydrogens is 328 g/mol. The molecule has 0 radical (unpaired) electrons. The van der Waals surface area contributed by atoms with Crippen molar-refractivity contribution >= 4 is 11.7 Å². The smallest absolute Gasteiger partial charge is 0.252 e. The zero-order valence-electron chi connectivity index (χ0n) is 16.3. The van der Waals surface area contributed by atoms with Crippen molar-refractivity contribution in [3.63, 3.8) is 0 Å². The highest BCUT2D eigenvalue weighted by molar-refractivity contribution is 5.76. The Kier molecular flexibility index (Phi) is 5.86. The van der Waals surface area contributed by atoms with Crippen molar-refractivity contribution in [1.82, 2.24) is 29.8 Å². The molecule has 3 rings (SSSR count). The standard InChI is InChI=1S/C19H30N6O/c1-13-6-5-9-24(11-13)14(2)10-20-18(26)8-7-17-15(3)23-19-21-12-22-25(19)16(17)4/h12-14H,5-11H2,1-4H3,(H,20,26). The maximum Gasteiger partial charge on any atom is 0.252 e. The fraction of sp³-hybridized carbons (Fsp3) is 0.684. The van der Waals surface area contributed by atoms with Gasteiger partial charge in [0.2, 0.25) is 5.91 Å². The molecule has 2 atom stereocenters. The normalized spacial score (nSPS) is 19.6. The lowest BCUT2D eigenvalue weighted by Crippen LogP contribution is -2.46. The third-order valence-corrected chi connectivity index (χ3v) is 5.50. The lowest BCUT2D eigenvalue weighted by Gasteiger charge is -2.35. The number of amides is 1. The summed E-state index contributed by atoms with van der Waals surface area (Å²) in [6.45, 7) is 11.5. The van der Waals surface area contributed by atoms with E-state index < -0.39 is 0 Å². The Hall–Kier alpha value is -2.02. The second-order valence-corrected chi connectivity index (χ2v) is 7.63. The number of hydrogen-bond donors (Lipinski definition) is 1. The molecule has 0 spiro atoms. The maximum absolute atomic E-state index is 12.3. The number of nitrogens with one attached hydrogen (secondary N) is 1. The van der Waals surface area contributed by atoms with Crippen LogP contribution in [0.5, 0.6) is 0 Å². The molecular formula is C19H30N6O. The van der Waals surface area contributed by atoms with E-state index in [2.05, 4.69) is 39.1 Å². The van der Waals surface area contributed by atoms with Gasteiger partial charge in [0, 0.05) is 36.9 Å². The molecule has 1 aliphatic heterocycles. The van der Waals surface area contributed by atoms with E-state index in [9.17, 15) is 4.79 Å². The van der Waals surface area contributed by atoms with Crippen LogP contribution in [0.4, 0.5) is 0 Å². The van der Waals surface area contributed by atoms with Crippen LogP contribution in [0.25, 0.3) is 5.78 Å². The second-order valence-electron chi connectivity index (χ2n) is 7.63. The van der Waals surface area contributed by atoms with Gasteiger partial charge in [-0.05, 0) is 58.1 Å². The first-order valence-corrected chi connectivity index (χ1v) is 9.62. The van der Waals surface area contributed by atoms with Crippen LogP contribution in [-0.4, -0.2) is 56.1 Å². The average Bonchev–Trinajstić information content (AvgIpc) is 3.08. The first kappa shape index (κ1) is 18.8. The summed E-state index contributed by atoms with van der Waals surface area (Å²) >= 11 is 0. The van der Waals surface area contributed by atoms with Crippen molar-refractivity contribution in [2.45, 2.75) is 59.4 Å². The first-order chi connectivity index (χ1) is 12.5. The predicted molar refractivity (Wildman–Crippen MR) is 101 cm³/mol. The van der Waals surface area contributed by atoms with Crippen molar-refractivity contribution in [3.8, 4) is 0 Å². The maximum atomic E-state index is 12.3. The highest BCUT2D eigenvalue weighted by Gasteiger charge is 2.21. The van der Waals surface area contributed by atoms with Gasteiger partial charge < -0.3 is 5.32 Å². The molecule has 0 aromatic carbocycles. The highest BCUT2D eigenvalue weighted by atomic mass is 16.1. The van der Waals surface area contributed by atoms with Gasteiger partial charge in [-0.15, -0.1) is 0 Å². The molecule has 0 bridgehead atoms. The Labute approximate surface area is 155 Å². The van der Waals surface area contributed by atoms with Crippen LogP contribution in [0, 0.1) is 19.8 Å². The van der Waals surface area contributed by atoms with Gasteiger partial charge in [0.25, 0.3) is 5.78 Å². The first-order valence-electron chi connectivity index (χ1n) is 9.62. The Morgan fingerprint density at radius 1 is 1.42 bits per heavy atom. The van der Waals surface area contributed by atoms with E-state index in [1.807, 2.05) is 13.8 Å². The van der Waals surface area contributed by atoms with Gasteiger partial charge in [-0.1, -0.05) is 6.92 Å². The molecule has 7 heteroatoms. The Morgan fingerprint density at radius 2 is 2.23 bits per heavy atom. The van der Waals surface area contributed by atoms with E-state index in [0.717, 1.165) is 36.0 Å². The predicted octanol–water partition coefficient (Wildman–Crippen LogP) is 1.91. The average molecular weight is 358 g/mol. The molecule has 0 aliphatic carbocycles. The van der Waals surface area contributed by atoms with E-state index in [1.165, 1.54) is 19.2 Å². The molecule has 7 nitrogen and oxygen atoms in total. The summed E-state index contributed by atoms with van der Waals surface area (Å²) in [6, 6.07) is 0.387. The van der Waals surface area contributed by atoms with Gasteiger partial charge in [0.15, 0.2) is 0 Å². The van der Waals surface area contributed by atoms with Crippen molar-refractivity contribution in [3.05, 3.63) is 23.3 Å². The number of piperidine rings is 1. The molecule has 26 heavy (non-hydrogen) atoms. The number of rotatable bonds is 6. The topological polar surface area (TPSA) is 75.4 Å². The van der Waals surface area contributed by atoms with Crippen LogP contribution in [0.3, 0.4) is 0 Å². The summed E-state index contributed by atoms with van der Waals surface area (Å²) in [5.74, 6) is 1.46. The van der Waals surface area contributed by atoms with Crippen LogP contribution < -0.4 is 5.32 Å². The molecule has 2 aromatic rings. The molecule has 1 fully saturated rings. The van der Waals surface area contributed by atoms with Gasteiger partial charge >= 0.3 is 0 Å². The second kappa shape index (κ2) is 8.12. The highest BCUT2D eigenvalue weighted by Crippen LogP contribution is 2.17. The Morgan fingerprint density at radius 3 is 3.00 bits per heavy atom. The third kappa shape index (κ3) is 4.20. The molecule has 2 aromatic heterocycles. The van der Waals surface area contributed by atoms with Gasteiger partial charge in [0.05, 0.1) is 0 Å². The Balaban J connectivity index is 1.51. The lowest BCUT2D eigenvalue weighted by molar-refractivity contribution is -0.121. The number of aromatic nitrogens is 4. The number of aryl methyl sites for hydroxylation is 2. The number of likely N-dealkylation sites (tertiary alicyclic amines) is 1. The van der Waals surface area contributed by atoms with Crippen LogP contribution in [-0.2, 0) is 11.2 Å². The van der Waals surface area contributed by atoms with Crippen molar-refractivity contribution in [1.29, 1.82) is 0 Å². The minimum atomic E-state index is 0.0967. The van der Waals surface area contributed by atoms with Crippen molar-refractivity contribution in [2.75, 3.05) is 19.6 Å². The molecule has 1 aliphatic rings. The number of carbonyl (C=O) groups is 1. The summed E-state index contributed by atoms with van der Waals surface area (Å²) in [7, 11) is 0. The van der Waals surface area contributed by atoms with Gasteiger partial charge in [-0.25, -0.2) is 9.50 Å². The number of fused-ring (bicyclic) bond motifs is 1. The summed E-state index contributed by atoms with van der Waals surface area (Å²) in [6.07, 6.45) is 5.22. The summed E-state index contributed by atoms with van der Waals surface area (Å²) in [4.78, 5) is 23.4. The fourth-order valence-electron chi connectivity index (χ4n) is 3.86. The van der Waals surface area contributed by atoms with Crippen molar-refractivity contribution < 1.29 is 4.79 Å². The van der Waals surface area contributed by atoms with Crippen molar-refractivity contribution in [2.24, 2.45) is 5.92 Å². The van der Waals surface area contributed by atoms with E-state index >= 15 is 0 Å². The summed E-state index contributed by atoms with van der Waals surface area (Å²) < 4.78 is 1.74. The molecule has 0 saturated carbocycles. The molecule has 2 unspecified atom stereocenters.